The zero-order chi connectivity index (χ0) is 30.9. The molecule has 0 aromatic carbocycles. The Labute approximate surface area is 265 Å². The molecule has 4 aliphatic carbocycles. The average molecular weight is 613 g/mol. The minimum Gasteiger partial charge on any atom is -0.395 e. The van der Waals surface area contributed by atoms with Gasteiger partial charge in [0.15, 0.2) is 0 Å². The summed E-state index contributed by atoms with van der Waals surface area (Å²) >= 11 is 0. The van der Waals surface area contributed by atoms with Gasteiger partial charge in [0.1, 0.15) is 12.1 Å². The fourth-order valence-corrected chi connectivity index (χ4v) is 12.5. The van der Waals surface area contributed by atoms with Gasteiger partial charge in [-0.1, -0.05) is 27.7 Å². The van der Waals surface area contributed by atoms with E-state index < -0.39 is 0 Å². The fourth-order valence-electron chi connectivity index (χ4n) is 12.5. The average Bonchev–Trinajstić information content (AvgIpc) is 3.45. The number of fused-ring (bicyclic) bond motifs is 7. The van der Waals surface area contributed by atoms with Crippen LogP contribution in [0.2, 0.25) is 0 Å². The molecule has 3 aliphatic heterocycles. The van der Waals surface area contributed by atoms with Crippen LogP contribution in [0.5, 0.6) is 0 Å². The van der Waals surface area contributed by atoms with E-state index in [4.69, 9.17) is 9.84 Å². The Balaban J connectivity index is 0.943. The van der Waals surface area contributed by atoms with E-state index in [9.17, 15) is 9.59 Å². The first-order valence-electron chi connectivity index (χ1n) is 18.4. The number of hydrogen-bond acceptors (Lipinski definition) is 6. The first-order chi connectivity index (χ1) is 21.1. The van der Waals surface area contributed by atoms with Crippen LogP contribution in [0.3, 0.4) is 0 Å². The number of hydrogen-bond donors (Lipinski definition) is 3. The van der Waals surface area contributed by atoms with Gasteiger partial charge in [-0.3, -0.25) is 19.8 Å². The second-order valence-electron chi connectivity index (χ2n) is 17.0. The molecule has 8 nitrogen and oxygen atoms in total. The SMILES string of the molecule is C[C@@H]1CC[C@@]2(NC1)O[C@H]1C[C@H]3[C@@H]4CC[C@H]5C[C@H](NC(=O)CC(=O)N6CCN(CCO)CC6)CC[C@]5(C)[C@H]4CC[C@]3(C)[C@H]1[C@@H]2C. The van der Waals surface area contributed by atoms with E-state index in [1.54, 1.807) is 0 Å². The number of aliphatic hydroxyl groups excluding tert-OH is 1. The first-order valence-corrected chi connectivity index (χ1v) is 18.4. The Hall–Kier alpha value is -1.22. The number of nitrogens with one attached hydrogen (secondary N) is 2. The molecule has 4 saturated carbocycles. The summed E-state index contributed by atoms with van der Waals surface area (Å²) in [6.45, 7) is 14.8. The third kappa shape index (κ3) is 5.16. The van der Waals surface area contributed by atoms with E-state index in [-0.39, 0.29) is 36.6 Å². The summed E-state index contributed by atoms with van der Waals surface area (Å²) in [7, 11) is 0. The molecule has 7 rings (SSSR count). The monoisotopic (exact) mass is 612 g/mol. The van der Waals surface area contributed by atoms with Crippen LogP contribution in [0.15, 0.2) is 0 Å². The summed E-state index contributed by atoms with van der Waals surface area (Å²) in [4.78, 5) is 29.8. The number of piperazine rings is 1. The Morgan fingerprint density at radius 2 is 1.70 bits per heavy atom. The van der Waals surface area contributed by atoms with Gasteiger partial charge in [0.2, 0.25) is 11.8 Å². The maximum Gasteiger partial charge on any atom is 0.232 e. The van der Waals surface area contributed by atoms with Crippen LogP contribution in [0.1, 0.15) is 98.3 Å². The number of carbonyl (C=O) groups is 2. The zero-order valence-electron chi connectivity index (χ0n) is 28.0. The Morgan fingerprint density at radius 3 is 2.43 bits per heavy atom. The summed E-state index contributed by atoms with van der Waals surface area (Å²) < 4.78 is 7.09. The molecule has 8 heteroatoms. The highest BCUT2D eigenvalue weighted by Gasteiger charge is 2.68. The standard InChI is InChI=1S/C36H60N4O4/c1-23-7-12-36(37-22-23)24(2)33-30(44-36)20-29-27-6-5-25-19-26(8-10-34(25,3)28(27)9-11-35(29,33)4)38-31(42)21-32(43)40-15-13-39(14-16-40)17-18-41/h23-30,33,37,41H,5-22H2,1-4H3,(H,38,42)/t23-,24+,25+,26-,27-,28+,29+,30+,33+,34+,35+,36-/m1/s1. The highest BCUT2D eigenvalue weighted by molar-refractivity contribution is 5.97. The number of aliphatic hydroxyl groups is 1. The van der Waals surface area contributed by atoms with Gasteiger partial charge in [-0.15, -0.1) is 0 Å². The van der Waals surface area contributed by atoms with Gasteiger partial charge in [-0.2, -0.15) is 0 Å². The predicted octanol–water partition coefficient (Wildman–Crippen LogP) is 4.02. The number of nitrogens with zero attached hydrogens (tertiary/aromatic N) is 2. The van der Waals surface area contributed by atoms with Gasteiger partial charge in [-0.25, -0.2) is 0 Å². The van der Waals surface area contributed by atoms with Crippen molar-refractivity contribution in [3.8, 4) is 0 Å². The van der Waals surface area contributed by atoms with Gasteiger partial charge in [0, 0.05) is 51.2 Å². The highest BCUT2D eigenvalue weighted by Crippen LogP contribution is 2.71. The van der Waals surface area contributed by atoms with Crippen molar-refractivity contribution >= 4 is 11.8 Å². The van der Waals surface area contributed by atoms with Gasteiger partial charge in [0.05, 0.1) is 12.7 Å². The molecule has 7 fully saturated rings. The topological polar surface area (TPSA) is 94.1 Å². The van der Waals surface area contributed by atoms with E-state index >= 15 is 0 Å². The first kappa shape index (κ1) is 31.4. The van der Waals surface area contributed by atoms with Crippen molar-refractivity contribution in [2.75, 3.05) is 45.9 Å². The molecule has 0 radical (unpaired) electrons. The lowest BCUT2D eigenvalue weighted by molar-refractivity contribution is -0.140. The van der Waals surface area contributed by atoms with Crippen molar-refractivity contribution in [2.45, 2.75) is 116 Å². The molecule has 3 heterocycles. The summed E-state index contributed by atoms with van der Waals surface area (Å²) in [6.07, 6.45) is 12.7. The Kier molecular flexibility index (Phi) is 8.41. The molecular weight excluding hydrogens is 552 g/mol. The molecule has 3 N–H and O–H groups in total. The normalized spacial score (nSPS) is 48.8. The highest BCUT2D eigenvalue weighted by atomic mass is 16.5. The Morgan fingerprint density at radius 1 is 0.932 bits per heavy atom. The molecule has 0 aromatic heterocycles. The molecule has 0 unspecified atom stereocenters. The van der Waals surface area contributed by atoms with Crippen molar-refractivity contribution in [3.63, 3.8) is 0 Å². The molecule has 0 bridgehead atoms. The summed E-state index contributed by atoms with van der Waals surface area (Å²) in [6, 6.07) is 0.196. The fraction of sp³-hybridized carbons (Fsp3) is 0.944. The lowest BCUT2D eigenvalue weighted by Crippen LogP contribution is -2.58. The smallest absolute Gasteiger partial charge is 0.232 e. The molecule has 248 valence electrons. The number of β-amino-alcohol motifs (C(OH)–C–C–N with tert-alkyl or cyclic N) is 1. The molecule has 44 heavy (non-hydrogen) atoms. The van der Waals surface area contributed by atoms with Gasteiger partial charge in [0.25, 0.3) is 0 Å². The molecule has 2 amide bonds. The maximum absolute atomic E-state index is 13.0. The van der Waals surface area contributed by atoms with Crippen LogP contribution >= 0.6 is 0 Å². The molecule has 0 aromatic rings. The van der Waals surface area contributed by atoms with Crippen LogP contribution in [0.25, 0.3) is 0 Å². The second-order valence-corrected chi connectivity index (χ2v) is 17.0. The van der Waals surface area contributed by atoms with Crippen LogP contribution in [-0.2, 0) is 14.3 Å². The van der Waals surface area contributed by atoms with Gasteiger partial charge >= 0.3 is 0 Å². The van der Waals surface area contributed by atoms with Crippen LogP contribution < -0.4 is 10.6 Å². The largest absolute Gasteiger partial charge is 0.395 e. The minimum absolute atomic E-state index is 0.0396. The third-order valence-corrected chi connectivity index (χ3v) is 15.0. The van der Waals surface area contributed by atoms with Crippen molar-refractivity contribution in [3.05, 3.63) is 0 Å². The van der Waals surface area contributed by atoms with Crippen molar-refractivity contribution < 1.29 is 19.4 Å². The van der Waals surface area contributed by atoms with Gasteiger partial charge < -0.3 is 20.1 Å². The third-order valence-electron chi connectivity index (χ3n) is 15.0. The van der Waals surface area contributed by atoms with Crippen LogP contribution in [0.4, 0.5) is 0 Å². The summed E-state index contributed by atoms with van der Waals surface area (Å²) in [5, 5.41) is 16.4. The molecular formula is C36H60N4O4. The van der Waals surface area contributed by atoms with Crippen molar-refractivity contribution in [2.24, 2.45) is 52.3 Å². The number of amides is 2. The van der Waals surface area contributed by atoms with Crippen LogP contribution in [-0.4, -0.2) is 90.5 Å². The lowest BCUT2D eigenvalue weighted by Gasteiger charge is -2.61. The van der Waals surface area contributed by atoms with E-state index in [1.165, 1.54) is 51.4 Å². The second kappa shape index (κ2) is 11.8. The molecule has 12 atom stereocenters. The van der Waals surface area contributed by atoms with E-state index in [2.05, 4.69) is 43.2 Å². The molecule has 7 aliphatic rings. The van der Waals surface area contributed by atoms with E-state index in [0.29, 0.717) is 54.3 Å². The zero-order valence-corrected chi connectivity index (χ0v) is 28.0. The number of ether oxygens (including phenoxy) is 1. The van der Waals surface area contributed by atoms with Crippen LogP contribution in [0, 0.1) is 52.3 Å². The number of piperidine rings is 1. The van der Waals surface area contributed by atoms with Crippen molar-refractivity contribution in [1.29, 1.82) is 0 Å². The number of rotatable bonds is 5. The van der Waals surface area contributed by atoms with E-state index in [1.807, 2.05) is 4.90 Å². The molecule has 3 saturated heterocycles. The minimum atomic E-state index is -0.102. The predicted molar refractivity (Wildman–Crippen MR) is 170 cm³/mol. The molecule has 1 spiro atoms. The summed E-state index contributed by atoms with van der Waals surface area (Å²) in [5.41, 5.74) is 0.674. The van der Waals surface area contributed by atoms with Crippen molar-refractivity contribution in [1.82, 2.24) is 20.4 Å². The maximum atomic E-state index is 13.0. The number of carbonyl (C=O) groups excluding carboxylic acids is 2. The van der Waals surface area contributed by atoms with E-state index in [0.717, 1.165) is 56.1 Å². The lowest BCUT2D eigenvalue weighted by atomic mass is 9.44. The quantitative estimate of drug-likeness (QED) is 0.407. The Bertz CT molecular complexity index is 1090. The van der Waals surface area contributed by atoms with Gasteiger partial charge in [-0.05, 0) is 111 Å². The summed E-state index contributed by atoms with van der Waals surface area (Å²) in [5.74, 6) is 4.90.